The van der Waals surface area contributed by atoms with Gasteiger partial charge in [-0.05, 0) is 37.7 Å². The molecule has 1 aromatic carbocycles. The van der Waals surface area contributed by atoms with Crippen molar-refractivity contribution < 1.29 is 4.79 Å². The van der Waals surface area contributed by atoms with Crippen LogP contribution >= 0.6 is 11.3 Å². The molecule has 0 unspecified atom stereocenters. The zero-order chi connectivity index (χ0) is 16.2. The molecule has 1 fully saturated rings. The molecule has 0 atom stereocenters. The number of piperidine rings is 1. The van der Waals surface area contributed by atoms with E-state index >= 15 is 0 Å². The fourth-order valence-electron chi connectivity index (χ4n) is 3.17. The number of nitrogens with zero attached hydrogens (tertiary/aromatic N) is 2. The number of carbonyl (C=O) groups is 1. The van der Waals surface area contributed by atoms with Crippen LogP contribution in [-0.4, -0.2) is 28.5 Å². The van der Waals surface area contributed by atoms with Gasteiger partial charge < -0.3 is 4.90 Å². The second-order valence-corrected chi connectivity index (χ2v) is 7.06. The number of rotatable bonds is 4. The third kappa shape index (κ3) is 3.91. The monoisotopic (exact) mass is 330 g/mol. The first-order valence-electron chi connectivity index (χ1n) is 8.10. The lowest BCUT2D eigenvalue weighted by Gasteiger charge is -2.32. The zero-order valence-corrected chi connectivity index (χ0v) is 14.2. The Kier molecular flexibility index (Phi) is 4.96. The van der Waals surface area contributed by atoms with Crippen molar-refractivity contribution in [3.05, 3.63) is 56.6 Å². The van der Waals surface area contributed by atoms with Crippen LogP contribution in [0.1, 0.15) is 24.1 Å². The lowest BCUT2D eigenvalue weighted by molar-refractivity contribution is -0.133. The molecule has 2 heterocycles. The van der Waals surface area contributed by atoms with Gasteiger partial charge in [0, 0.05) is 24.2 Å². The summed E-state index contributed by atoms with van der Waals surface area (Å²) in [5.74, 6) is 0.707. The van der Waals surface area contributed by atoms with Gasteiger partial charge in [0.25, 0.3) is 0 Å². The Bertz CT molecular complexity index is 712. The van der Waals surface area contributed by atoms with Crippen LogP contribution in [0.25, 0.3) is 0 Å². The van der Waals surface area contributed by atoms with Gasteiger partial charge in [-0.3, -0.25) is 14.2 Å². The predicted octanol–water partition coefficient (Wildman–Crippen LogP) is 2.70. The van der Waals surface area contributed by atoms with E-state index in [1.54, 1.807) is 4.57 Å². The summed E-state index contributed by atoms with van der Waals surface area (Å²) in [4.78, 5) is 26.0. The quantitative estimate of drug-likeness (QED) is 0.865. The molecular weight excluding hydrogens is 308 g/mol. The molecule has 1 saturated heterocycles. The molecule has 122 valence electrons. The molecule has 0 radical (unpaired) electrons. The zero-order valence-electron chi connectivity index (χ0n) is 13.4. The summed E-state index contributed by atoms with van der Waals surface area (Å²) in [5.41, 5.74) is 2.24. The van der Waals surface area contributed by atoms with E-state index in [0.29, 0.717) is 5.92 Å². The van der Waals surface area contributed by atoms with Gasteiger partial charge in [0.2, 0.25) is 5.91 Å². The summed E-state index contributed by atoms with van der Waals surface area (Å²) in [5, 5.41) is 1.81. The van der Waals surface area contributed by atoms with Crippen LogP contribution in [-0.2, 0) is 17.8 Å². The van der Waals surface area contributed by atoms with Gasteiger partial charge in [-0.15, -0.1) is 0 Å². The van der Waals surface area contributed by atoms with Gasteiger partial charge in [0.15, 0.2) is 0 Å². The Labute approximate surface area is 140 Å². The first-order chi connectivity index (χ1) is 11.1. The van der Waals surface area contributed by atoms with Crippen LogP contribution in [0.4, 0.5) is 0 Å². The highest BCUT2D eigenvalue weighted by Crippen LogP contribution is 2.21. The smallest absolute Gasteiger partial charge is 0.307 e. The fourth-order valence-corrected chi connectivity index (χ4v) is 3.90. The molecule has 3 rings (SSSR count). The highest BCUT2D eigenvalue weighted by atomic mass is 32.1. The summed E-state index contributed by atoms with van der Waals surface area (Å²) in [6.07, 6.45) is 3.17. The number of hydrogen-bond acceptors (Lipinski definition) is 3. The van der Waals surface area contributed by atoms with Gasteiger partial charge in [-0.1, -0.05) is 41.7 Å². The topological polar surface area (TPSA) is 42.3 Å². The fraction of sp³-hybridized carbons (Fsp3) is 0.444. The summed E-state index contributed by atoms with van der Waals surface area (Å²) in [7, 11) is 0. The number of likely N-dealkylation sites (tertiary alicyclic amines) is 1. The van der Waals surface area contributed by atoms with Gasteiger partial charge in [-0.2, -0.15) is 0 Å². The molecule has 0 saturated carbocycles. The van der Waals surface area contributed by atoms with Crippen molar-refractivity contribution in [3.8, 4) is 0 Å². The summed E-state index contributed by atoms with van der Waals surface area (Å²) >= 11 is 1.16. The molecule has 1 aromatic heterocycles. The number of thiazole rings is 1. The van der Waals surface area contributed by atoms with Crippen molar-refractivity contribution in [1.29, 1.82) is 0 Å². The van der Waals surface area contributed by atoms with Crippen LogP contribution in [0.15, 0.2) is 40.5 Å². The van der Waals surface area contributed by atoms with E-state index in [9.17, 15) is 9.59 Å². The number of amides is 1. The maximum absolute atomic E-state index is 12.4. The minimum atomic E-state index is -0.0465. The van der Waals surface area contributed by atoms with Gasteiger partial charge >= 0.3 is 4.87 Å². The first-order valence-corrected chi connectivity index (χ1v) is 8.98. The van der Waals surface area contributed by atoms with E-state index in [0.717, 1.165) is 49.4 Å². The number of aromatic nitrogens is 1. The van der Waals surface area contributed by atoms with E-state index in [-0.39, 0.29) is 17.3 Å². The Morgan fingerprint density at radius 3 is 2.52 bits per heavy atom. The molecule has 0 aliphatic carbocycles. The van der Waals surface area contributed by atoms with Crippen molar-refractivity contribution in [2.75, 3.05) is 13.1 Å². The number of benzene rings is 1. The summed E-state index contributed by atoms with van der Waals surface area (Å²) in [6.45, 7) is 3.65. The van der Waals surface area contributed by atoms with E-state index in [1.165, 1.54) is 5.56 Å². The van der Waals surface area contributed by atoms with Gasteiger partial charge in [-0.25, -0.2) is 0 Å². The van der Waals surface area contributed by atoms with Crippen LogP contribution in [0.3, 0.4) is 0 Å². The third-order valence-electron chi connectivity index (χ3n) is 4.60. The highest BCUT2D eigenvalue weighted by molar-refractivity contribution is 7.07. The minimum absolute atomic E-state index is 0.0465. The van der Waals surface area contributed by atoms with Crippen molar-refractivity contribution >= 4 is 17.2 Å². The van der Waals surface area contributed by atoms with Crippen LogP contribution in [0, 0.1) is 12.8 Å². The lowest BCUT2D eigenvalue weighted by atomic mass is 9.90. The molecule has 1 aliphatic rings. The first kappa shape index (κ1) is 16.0. The Balaban J connectivity index is 1.52. The van der Waals surface area contributed by atoms with E-state index < -0.39 is 0 Å². The van der Waals surface area contributed by atoms with Crippen molar-refractivity contribution in [2.24, 2.45) is 5.92 Å². The average Bonchev–Trinajstić information content (AvgIpc) is 2.88. The largest absolute Gasteiger partial charge is 0.341 e. The highest BCUT2D eigenvalue weighted by Gasteiger charge is 2.23. The van der Waals surface area contributed by atoms with Gasteiger partial charge in [0.05, 0.1) is 0 Å². The molecule has 5 heteroatoms. The standard InChI is InChI=1S/C18H22N2O2S/c1-14-13-23-18(22)20(14)12-17(21)19-9-7-16(8-10-19)11-15-5-3-2-4-6-15/h2-6,13,16H,7-12H2,1H3. The van der Waals surface area contributed by atoms with Crippen molar-refractivity contribution in [2.45, 2.75) is 32.7 Å². The predicted molar refractivity (Wildman–Crippen MR) is 92.8 cm³/mol. The second-order valence-electron chi connectivity index (χ2n) is 6.24. The summed E-state index contributed by atoms with van der Waals surface area (Å²) in [6, 6.07) is 10.5. The number of hydrogen-bond donors (Lipinski definition) is 0. The Morgan fingerprint density at radius 1 is 1.22 bits per heavy atom. The normalized spacial score (nSPS) is 15.8. The van der Waals surface area contributed by atoms with E-state index in [2.05, 4.69) is 24.3 Å². The number of aryl methyl sites for hydroxylation is 1. The molecule has 0 N–H and O–H groups in total. The molecule has 4 nitrogen and oxygen atoms in total. The summed E-state index contributed by atoms with van der Waals surface area (Å²) < 4.78 is 1.57. The Morgan fingerprint density at radius 2 is 1.91 bits per heavy atom. The average molecular weight is 330 g/mol. The Hall–Kier alpha value is -1.88. The van der Waals surface area contributed by atoms with E-state index in [4.69, 9.17) is 0 Å². The maximum Gasteiger partial charge on any atom is 0.307 e. The van der Waals surface area contributed by atoms with E-state index in [1.807, 2.05) is 23.3 Å². The molecule has 1 amide bonds. The molecule has 0 bridgehead atoms. The SMILES string of the molecule is Cc1csc(=O)n1CC(=O)N1CCC(Cc2ccccc2)CC1. The van der Waals surface area contributed by atoms with Gasteiger partial charge in [0.1, 0.15) is 6.54 Å². The van der Waals surface area contributed by atoms with Crippen molar-refractivity contribution in [1.82, 2.24) is 9.47 Å². The third-order valence-corrected chi connectivity index (χ3v) is 5.49. The molecule has 23 heavy (non-hydrogen) atoms. The maximum atomic E-state index is 12.4. The number of carbonyl (C=O) groups excluding carboxylic acids is 1. The molecular formula is C18H22N2O2S. The van der Waals surface area contributed by atoms with Crippen LogP contribution in [0.5, 0.6) is 0 Å². The van der Waals surface area contributed by atoms with Crippen LogP contribution in [0.2, 0.25) is 0 Å². The molecule has 2 aromatic rings. The minimum Gasteiger partial charge on any atom is -0.341 e. The molecule has 0 spiro atoms. The van der Waals surface area contributed by atoms with Crippen LogP contribution < -0.4 is 4.87 Å². The second kappa shape index (κ2) is 7.13. The van der Waals surface area contributed by atoms with Crippen molar-refractivity contribution in [3.63, 3.8) is 0 Å². The molecule has 1 aliphatic heterocycles. The lowest BCUT2D eigenvalue weighted by Crippen LogP contribution is -2.41.